The molecule has 0 atom stereocenters. The van der Waals surface area contributed by atoms with Gasteiger partial charge in [-0.1, -0.05) is 12.1 Å². The minimum atomic E-state index is -0.599. The largest absolute Gasteiger partial charge is 0.454 e. The maximum absolute atomic E-state index is 11.9. The number of rotatable bonds is 5. The molecule has 0 spiro atoms. The summed E-state index contributed by atoms with van der Waals surface area (Å²) < 4.78 is 15.4. The highest BCUT2D eigenvalue weighted by Gasteiger charge is 2.12. The zero-order valence-electron chi connectivity index (χ0n) is 14.6. The highest BCUT2D eigenvalue weighted by molar-refractivity contribution is 5.94. The number of aryl methyl sites for hydroxylation is 2. The van der Waals surface area contributed by atoms with Crippen molar-refractivity contribution in [2.75, 3.05) is 18.7 Å². The van der Waals surface area contributed by atoms with Gasteiger partial charge in [0.1, 0.15) is 0 Å². The lowest BCUT2D eigenvalue weighted by Crippen LogP contribution is -2.20. The fourth-order valence-corrected chi connectivity index (χ4v) is 2.38. The maximum Gasteiger partial charge on any atom is 0.331 e. The number of anilines is 1. The van der Waals surface area contributed by atoms with Gasteiger partial charge in [-0.3, -0.25) is 4.79 Å². The third kappa shape index (κ3) is 4.42. The Kier molecular flexibility index (Phi) is 5.22. The molecule has 1 heterocycles. The molecule has 0 aliphatic carbocycles. The Morgan fingerprint density at radius 1 is 1.08 bits per heavy atom. The van der Waals surface area contributed by atoms with Gasteiger partial charge in [0.2, 0.25) is 6.79 Å². The molecule has 1 N–H and O–H groups in total. The molecule has 1 amide bonds. The predicted octanol–water partition coefficient (Wildman–Crippen LogP) is 3.23. The normalized spacial score (nSPS) is 12.2. The number of nitrogens with one attached hydrogen (secondary N) is 1. The van der Waals surface area contributed by atoms with Crippen LogP contribution >= 0.6 is 0 Å². The summed E-state index contributed by atoms with van der Waals surface area (Å²) in [6.45, 7) is 3.80. The van der Waals surface area contributed by atoms with E-state index in [0.29, 0.717) is 17.2 Å². The summed E-state index contributed by atoms with van der Waals surface area (Å²) in [5.41, 5.74) is 3.66. The Labute approximate surface area is 151 Å². The van der Waals surface area contributed by atoms with E-state index >= 15 is 0 Å². The second-order valence-corrected chi connectivity index (χ2v) is 5.90. The minimum absolute atomic E-state index is 0.195. The molecule has 26 heavy (non-hydrogen) atoms. The van der Waals surface area contributed by atoms with E-state index in [-0.39, 0.29) is 13.4 Å². The predicted molar refractivity (Wildman–Crippen MR) is 97.1 cm³/mol. The number of ether oxygens (including phenoxy) is 3. The van der Waals surface area contributed by atoms with Gasteiger partial charge in [0, 0.05) is 11.8 Å². The van der Waals surface area contributed by atoms with Crippen LogP contribution in [0.3, 0.4) is 0 Å². The molecule has 134 valence electrons. The Bertz CT molecular complexity index is 873. The van der Waals surface area contributed by atoms with Crippen molar-refractivity contribution in [3.63, 3.8) is 0 Å². The lowest BCUT2D eigenvalue weighted by molar-refractivity contribution is -0.142. The van der Waals surface area contributed by atoms with E-state index in [1.807, 2.05) is 32.0 Å². The van der Waals surface area contributed by atoms with Gasteiger partial charge in [0.25, 0.3) is 5.91 Å². The van der Waals surface area contributed by atoms with Crippen LogP contribution in [0.4, 0.5) is 5.69 Å². The van der Waals surface area contributed by atoms with Crippen LogP contribution in [0.2, 0.25) is 0 Å². The van der Waals surface area contributed by atoms with Gasteiger partial charge in [-0.2, -0.15) is 0 Å². The summed E-state index contributed by atoms with van der Waals surface area (Å²) in [7, 11) is 0. The van der Waals surface area contributed by atoms with Gasteiger partial charge in [-0.05, 0) is 60.9 Å². The molecule has 0 saturated heterocycles. The molecule has 1 aliphatic rings. The molecule has 2 aromatic carbocycles. The monoisotopic (exact) mass is 353 g/mol. The van der Waals surface area contributed by atoms with Gasteiger partial charge in [-0.15, -0.1) is 0 Å². The van der Waals surface area contributed by atoms with Crippen molar-refractivity contribution in [3.05, 3.63) is 59.2 Å². The molecular formula is C20H19NO5. The van der Waals surface area contributed by atoms with Crippen molar-refractivity contribution in [3.8, 4) is 11.5 Å². The van der Waals surface area contributed by atoms with Crippen LogP contribution in [0.1, 0.15) is 16.7 Å². The average Bonchev–Trinajstić information content (AvgIpc) is 3.09. The summed E-state index contributed by atoms with van der Waals surface area (Å²) in [6, 6.07) is 10.9. The minimum Gasteiger partial charge on any atom is -0.454 e. The Morgan fingerprint density at radius 3 is 2.69 bits per heavy atom. The van der Waals surface area contributed by atoms with Crippen LogP contribution in [-0.2, 0) is 14.3 Å². The first-order valence-corrected chi connectivity index (χ1v) is 8.13. The van der Waals surface area contributed by atoms with E-state index in [9.17, 15) is 9.59 Å². The molecule has 3 rings (SSSR count). The highest BCUT2D eigenvalue weighted by atomic mass is 16.7. The summed E-state index contributed by atoms with van der Waals surface area (Å²) in [6.07, 6.45) is 2.85. The quantitative estimate of drug-likeness (QED) is 0.660. The topological polar surface area (TPSA) is 73.9 Å². The van der Waals surface area contributed by atoms with Gasteiger partial charge in [-0.25, -0.2) is 4.79 Å². The number of carbonyl (C=O) groups excluding carboxylic acids is 2. The van der Waals surface area contributed by atoms with Crippen LogP contribution in [0.15, 0.2) is 42.5 Å². The fourth-order valence-electron chi connectivity index (χ4n) is 2.38. The third-order valence-electron chi connectivity index (χ3n) is 3.94. The molecule has 2 aromatic rings. The molecule has 6 nitrogen and oxygen atoms in total. The van der Waals surface area contributed by atoms with Crippen molar-refractivity contribution < 1.29 is 23.8 Å². The molecule has 0 saturated carbocycles. The van der Waals surface area contributed by atoms with E-state index in [1.165, 1.54) is 6.08 Å². The van der Waals surface area contributed by atoms with Crippen molar-refractivity contribution in [2.24, 2.45) is 0 Å². The number of carbonyl (C=O) groups is 2. The lowest BCUT2D eigenvalue weighted by Gasteiger charge is -2.07. The smallest absolute Gasteiger partial charge is 0.331 e. The van der Waals surface area contributed by atoms with E-state index in [0.717, 1.165) is 16.7 Å². The summed E-state index contributed by atoms with van der Waals surface area (Å²) in [4.78, 5) is 23.6. The molecular weight excluding hydrogens is 334 g/mol. The Hall–Kier alpha value is -3.28. The third-order valence-corrected chi connectivity index (χ3v) is 3.94. The summed E-state index contributed by atoms with van der Waals surface area (Å²) >= 11 is 0. The SMILES string of the molecule is Cc1ccc(NC(=O)COC(=O)/C=C/c2ccc3c(c2)OCO3)cc1C. The number of amides is 1. The van der Waals surface area contributed by atoms with E-state index in [2.05, 4.69) is 5.32 Å². The first-order valence-electron chi connectivity index (χ1n) is 8.13. The molecule has 1 aliphatic heterocycles. The van der Waals surface area contributed by atoms with Crippen LogP contribution in [0.5, 0.6) is 11.5 Å². The first-order chi connectivity index (χ1) is 12.5. The second kappa shape index (κ2) is 7.74. The molecule has 0 radical (unpaired) electrons. The van der Waals surface area contributed by atoms with Crippen LogP contribution in [0, 0.1) is 13.8 Å². The van der Waals surface area contributed by atoms with Crippen molar-refractivity contribution in [1.82, 2.24) is 0 Å². The average molecular weight is 353 g/mol. The Balaban J connectivity index is 1.48. The summed E-state index contributed by atoms with van der Waals surface area (Å²) in [5, 5.41) is 2.70. The maximum atomic E-state index is 11.9. The second-order valence-electron chi connectivity index (χ2n) is 5.90. The van der Waals surface area contributed by atoms with Crippen LogP contribution < -0.4 is 14.8 Å². The molecule has 6 heteroatoms. The summed E-state index contributed by atoms with van der Waals surface area (Å²) in [5.74, 6) is 0.317. The number of esters is 1. The van der Waals surface area contributed by atoms with Crippen LogP contribution in [-0.4, -0.2) is 25.3 Å². The first kappa shape index (κ1) is 17.5. The molecule has 0 aromatic heterocycles. The zero-order chi connectivity index (χ0) is 18.5. The van der Waals surface area contributed by atoms with Gasteiger partial charge in [0.05, 0.1) is 0 Å². The van der Waals surface area contributed by atoms with Gasteiger partial charge in [0.15, 0.2) is 18.1 Å². The van der Waals surface area contributed by atoms with Crippen molar-refractivity contribution in [1.29, 1.82) is 0 Å². The molecule has 0 unspecified atom stereocenters. The van der Waals surface area contributed by atoms with Gasteiger partial charge < -0.3 is 19.5 Å². The highest BCUT2D eigenvalue weighted by Crippen LogP contribution is 2.32. The molecule has 0 fully saturated rings. The van der Waals surface area contributed by atoms with E-state index < -0.39 is 11.9 Å². The van der Waals surface area contributed by atoms with Crippen molar-refractivity contribution >= 4 is 23.6 Å². The van der Waals surface area contributed by atoms with Crippen LogP contribution in [0.25, 0.3) is 6.08 Å². The number of benzene rings is 2. The zero-order valence-corrected chi connectivity index (χ0v) is 14.6. The molecule has 0 bridgehead atoms. The number of hydrogen-bond donors (Lipinski definition) is 1. The number of hydrogen-bond acceptors (Lipinski definition) is 5. The Morgan fingerprint density at radius 2 is 1.88 bits per heavy atom. The van der Waals surface area contributed by atoms with Crippen molar-refractivity contribution in [2.45, 2.75) is 13.8 Å². The van der Waals surface area contributed by atoms with Gasteiger partial charge >= 0.3 is 5.97 Å². The fraction of sp³-hybridized carbons (Fsp3) is 0.200. The standard InChI is InChI=1S/C20H19NO5/c1-13-3-6-16(9-14(13)2)21-19(22)11-24-20(23)8-5-15-4-7-17-18(10-15)26-12-25-17/h3-10H,11-12H2,1-2H3,(H,21,22)/b8-5+. The van der Waals surface area contributed by atoms with E-state index in [4.69, 9.17) is 14.2 Å². The van der Waals surface area contributed by atoms with E-state index in [1.54, 1.807) is 24.3 Å². The lowest BCUT2D eigenvalue weighted by atomic mass is 10.1. The number of fused-ring (bicyclic) bond motifs is 1.